The Morgan fingerprint density at radius 3 is 2.78 bits per heavy atom. The van der Waals surface area contributed by atoms with Gasteiger partial charge in [0.05, 0.1) is 19.5 Å². The molecule has 1 fully saturated rings. The minimum absolute atomic E-state index is 0.340. The number of piperidine rings is 1. The first-order valence-corrected chi connectivity index (χ1v) is 8.50. The van der Waals surface area contributed by atoms with E-state index in [0.29, 0.717) is 38.3 Å². The maximum absolute atomic E-state index is 11.5. The molecule has 1 N–H and O–H groups in total. The van der Waals surface area contributed by atoms with Crippen molar-refractivity contribution in [3.8, 4) is 0 Å². The Morgan fingerprint density at radius 1 is 1.44 bits per heavy atom. The second-order valence-corrected chi connectivity index (χ2v) is 7.30. The molecule has 0 spiro atoms. The highest BCUT2D eigenvalue weighted by Crippen LogP contribution is 2.18. The molecule has 0 aromatic carbocycles. The Hall–Kier alpha value is -0.170. The lowest BCUT2D eigenvalue weighted by Crippen LogP contribution is -2.40. The molecule has 1 aliphatic heterocycles. The zero-order valence-electron chi connectivity index (χ0n) is 11.7. The molecule has 1 unspecified atom stereocenters. The second kappa shape index (κ2) is 7.43. The molecule has 6 heteroatoms. The van der Waals surface area contributed by atoms with Crippen LogP contribution >= 0.6 is 0 Å². The first kappa shape index (κ1) is 15.9. The predicted molar refractivity (Wildman–Crippen MR) is 73.1 cm³/mol. The summed E-state index contributed by atoms with van der Waals surface area (Å²) in [7, 11) is -3.04. The number of hydrogen-bond donors (Lipinski definition) is 1. The highest BCUT2D eigenvalue weighted by molar-refractivity contribution is 7.88. The number of rotatable bonds is 7. The van der Waals surface area contributed by atoms with Gasteiger partial charge in [-0.25, -0.2) is 12.7 Å². The van der Waals surface area contributed by atoms with Gasteiger partial charge in [-0.05, 0) is 18.8 Å². The zero-order chi connectivity index (χ0) is 13.6. The molecule has 1 aliphatic rings. The predicted octanol–water partition coefficient (Wildman–Crippen LogP) is 0.673. The standard InChI is InChI=1S/C12H26N2O3S/c1-11(2)13-6-8-17-10-12-5-4-7-14(9-12)18(3,15)16/h11-13H,4-10H2,1-3H3. The average Bonchev–Trinajstić information content (AvgIpc) is 2.27. The van der Waals surface area contributed by atoms with E-state index in [1.807, 2.05) is 0 Å². The Morgan fingerprint density at radius 2 is 2.17 bits per heavy atom. The normalized spacial score (nSPS) is 22.6. The van der Waals surface area contributed by atoms with E-state index >= 15 is 0 Å². The van der Waals surface area contributed by atoms with Crippen LogP contribution in [0.25, 0.3) is 0 Å². The Kier molecular flexibility index (Phi) is 6.55. The van der Waals surface area contributed by atoms with E-state index < -0.39 is 10.0 Å². The molecule has 1 rings (SSSR count). The van der Waals surface area contributed by atoms with Crippen LogP contribution in [0.1, 0.15) is 26.7 Å². The van der Waals surface area contributed by atoms with E-state index in [9.17, 15) is 8.42 Å². The highest BCUT2D eigenvalue weighted by Gasteiger charge is 2.25. The van der Waals surface area contributed by atoms with Gasteiger partial charge in [-0.15, -0.1) is 0 Å². The fourth-order valence-corrected chi connectivity index (χ4v) is 3.08. The Bertz CT molecular complexity index is 330. The lowest BCUT2D eigenvalue weighted by Gasteiger charge is -2.30. The van der Waals surface area contributed by atoms with E-state index in [0.717, 1.165) is 19.4 Å². The monoisotopic (exact) mass is 278 g/mol. The van der Waals surface area contributed by atoms with Gasteiger partial charge < -0.3 is 10.1 Å². The Balaban J connectivity index is 2.19. The third-order valence-electron chi connectivity index (χ3n) is 3.10. The summed E-state index contributed by atoms with van der Waals surface area (Å²) in [6, 6.07) is 0.476. The minimum Gasteiger partial charge on any atom is -0.380 e. The molecule has 0 aromatic rings. The molecule has 0 amide bonds. The summed E-state index contributed by atoms with van der Waals surface area (Å²) in [6.45, 7) is 7.66. The van der Waals surface area contributed by atoms with Gasteiger partial charge in [0.1, 0.15) is 0 Å². The summed E-state index contributed by atoms with van der Waals surface area (Å²) >= 11 is 0. The lowest BCUT2D eigenvalue weighted by molar-refractivity contribution is 0.0787. The SMILES string of the molecule is CC(C)NCCOCC1CCCN(S(C)(=O)=O)C1. The summed E-state index contributed by atoms with van der Waals surface area (Å²) in [5.41, 5.74) is 0. The van der Waals surface area contributed by atoms with Crippen LogP contribution in [0.3, 0.4) is 0 Å². The molecule has 0 bridgehead atoms. The molecule has 1 saturated heterocycles. The van der Waals surface area contributed by atoms with Gasteiger partial charge in [0.2, 0.25) is 10.0 Å². The fourth-order valence-electron chi connectivity index (χ4n) is 2.13. The van der Waals surface area contributed by atoms with E-state index in [1.165, 1.54) is 6.26 Å². The van der Waals surface area contributed by atoms with Crippen molar-refractivity contribution in [2.24, 2.45) is 5.92 Å². The first-order valence-electron chi connectivity index (χ1n) is 6.66. The van der Waals surface area contributed by atoms with Crippen molar-refractivity contribution in [3.63, 3.8) is 0 Å². The van der Waals surface area contributed by atoms with Crippen LogP contribution in [0.4, 0.5) is 0 Å². The van der Waals surface area contributed by atoms with Crippen LogP contribution in [0.5, 0.6) is 0 Å². The quantitative estimate of drug-likeness (QED) is 0.696. The van der Waals surface area contributed by atoms with Gasteiger partial charge >= 0.3 is 0 Å². The smallest absolute Gasteiger partial charge is 0.211 e. The Labute approximate surface area is 111 Å². The van der Waals surface area contributed by atoms with Gasteiger partial charge in [0, 0.05) is 25.7 Å². The van der Waals surface area contributed by atoms with Crippen molar-refractivity contribution in [3.05, 3.63) is 0 Å². The maximum atomic E-state index is 11.5. The molecule has 0 aliphatic carbocycles. The molecule has 0 saturated carbocycles. The molecule has 0 aromatic heterocycles. The summed E-state index contributed by atoms with van der Waals surface area (Å²) in [6.07, 6.45) is 3.28. The van der Waals surface area contributed by atoms with E-state index in [2.05, 4.69) is 19.2 Å². The van der Waals surface area contributed by atoms with Crippen LogP contribution in [0, 0.1) is 5.92 Å². The number of nitrogens with one attached hydrogen (secondary N) is 1. The fraction of sp³-hybridized carbons (Fsp3) is 1.00. The lowest BCUT2D eigenvalue weighted by atomic mass is 10.0. The average molecular weight is 278 g/mol. The van der Waals surface area contributed by atoms with Crippen molar-refractivity contribution in [2.45, 2.75) is 32.7 Å². The third kappa shape index (κ3) is 6.13. The molecule has 1 heterocycles. The molecule has 5 nitrogen and oxygen atoms in total. The summed E-state index contributed by atoms with van der Waals surface area (Å²) in [4.78, 5) is 0. The van der Waals surface area contributed by atoms with Gasteiger partial charge in [-0.3, -0.25) is 0 Å². The number of hydrogen-bond acceptors (Lipinski definition) is 4. The summed E-state index contributed by atoms with van der Waals surface area (Å²) in [5.74, 6) is 0.340. The van der Waals surface area contributed by atoms with Crippen molar-refractivity contribution in [1.29, 1.82) is 0 Å². The highest BCUT2D eigenvalue weighted by atomic mass is 32.2. The summed E-state index contributed by atoms with van der Waals surface area (Å²) in [5, 5.41) is 3.28. The second-order valence-electron chi connectivity index (χ2n) is 5.31. The molecule has 18 heavy (non-hydrogen) atoms. The number of ether oxygens (including phenoxy) is 1. The topological polar surface area (TPSA) is 58.6 Å². The van der Waals surface area contributed by atoms with Gasteiger partial charge in [0.15, 0.2) is 0 Å². The van der Waals surface area contributed by atoms with Crippen molar-refractivity contribution in [2.75, 3.05) is 39.1 Å². The molecule has 0 radical (unpaired) electrons. The zero-order valence-corrected chi connectivity index (χ0v) is 12.5. The van der Waals surface area contributed by atoms with Crippen LogP contribution in [0.15, 0.2) is 0 Å². The third-order valence-corrected chi connectivity index (χ3v) is 4.37. The first-order chi connectivity index (χ1) is 8.39. The van der Waals surface area contributed by atoms with Crippen molar-refractivity contribution >= 4 is 10.0 Å². The van der Waals surface area contributed by atoms with Gasteiger partial charge in [0.25, 0.3) is 0 Å². The largest absolute Gasteiger partial charge is 0.380 e. The van der Waals surface area contributed by atoms with Crippen molar-refractivity contribution < 1.29 is 13.2 Å². The molecule has 1 atom stereocenters. The molecular weight excluding hydrogens is 252 g/mol. The molecule has 108 valence electrons. The van der Waals surface area contributed by atoms with Crippen LogP contribution in [-0.2, 0) is 14.8 Å². The number of nitrogens with zero attached hydrogens (tertiary/aromatic N) is 1. The van der Waals surface area contributed by atoms with Gasteiger partial charge in [-0.1, -0.05) is 13.8 Å². The van der Waals surface area contributed by atoms with Crippen molar-refractivity contribution in [1.82, 2.24) is 9.62 Å². The van der Waals surface area contributed by atoms with Crippen LogP contribution < -0.4 is 5.32 Å². The maximum Gasteiger partial charge on any atom is 0.211 e. The summed E-state index contributed by atoms with van der Waals surface area (Å²) < 4.78 is 30.1. The van der Waals surface area contributed by atoms with E-state index in [4.69, 9.17) is 4.74 Å². The van der Waals surface area contributed by atoms with Crippen LogP contribution in [-0.4, -0.2) is 57.9 Å². The van der Waals surface area contributed by atoms with Gasteiger partial charge in [-0.2, -0.15) is 0 Å². The minimum atomic E-state index is -3.04. The van der Waals surface area contributed by atoms with E-state index in [-0.39, 0.29) is 0 Å². The number of sulfonamides is 1. The van der Waals surface area contributed by atoms with E-state index in [1.54, 1.807) is 4.31 Å². The molecular formula is C12H26N2O3S. The van der Waals surface area contributed by atoms with Crippen LogP contribution in [0.2, 0.25) is 0 Å².